The van der Waals surface area contributed by atoms with E-state index in [0.29, 0.717) is 5.75 Å². The lowest BCUT2D eigenvalue weighted by atomic mass is 10.1. The summed E-state index contributed by atoms with van der Waals surface area (Å²) in [6.45, 7) is 8.10. The minimum absolute atomic E-state index is 0.0916. The molecule has 0 saturated carbocycles. The third kappa shape index (κ3) is 5.74. The Morgan fingerprint density at radius 2 is 1.81 bits per heavy atom. The number of thiocarbonyl (C=S) groups is 1. The molecule has 1 amide bonds. The van der Waals surface area contributed by atoms with Crippen molar-refractivity contribution >= 4 is 34.6 Å². The molecule has 2 aromatic carbocycles. The molecule has 2 N–H and O–H groups in total. The van der Waals surface area contributed by atoms with Crippen LogP contribution >= 0.6 is 12.2 Å². The third-order valence-corrected chi connectivity index (χ3v) is 4.16. The standard InChI is InChI=1S/C20H25N3O2S/c1-4-23(5-2)16-11-12-18(15(3)13-16)21-20(26)22-19(24)14-25-17-9-7-6-8-10-17/h6-13H,4-5,14H2,1-3H3,(H2,21,22,24,26). The maximum Gasteiger partial charge on any atom is 0.264 e. The molecular weight excluding hydrogens is 346 g/mol. The van der Waals surface area contributed by atoms with Gasteiger partial charge in [-0.25, -0.2) is 0 Å². The molecule has 138 valence electrons. The highest BCUT2D eigenvalue weighted by atomic mass is 32.1. The molecule has 6 heteroatoms. The topological polar surface area (TPSA) is 53.6 Å². The zero-order chi connectivity index (χ0) is 18.9. The van der Waals surface area contributed by atoms with Crippen molar-refractivity contribution in [3.05, 3.63) is 54.1 Å². The average molecular weight is 372 g/mol. The van der Waals surface area contributed by atoms with Gasteiger partial charge in [0.1, 0.15) is 5.75 Å². The predicted octanol–water partition coefficient (Wildman–Crippen LogP) is 3.73. The van der Waals surface area contributed by atoms with Crippen LogP contribution in [0.5, 0.6) is 5.75 Å². The number of rotatable bonds is 7. The molecule has 0 aliphatic carbocycles. The summed E-state index contributed by atoms with van der Waals surface area (Å²) in [6, 6.07) is 15.3. The largest absolute Gasteiger partial charge is 0.484 e. The summed E-state index contributed by atoms with van der Waals surface area (Å²) in [7, 11) is 0. The van der Waals surface area contributed by atoms with E-state index in [0.717, 1.165) is 24.3 Å². The Hall–Kier alpha value is -2.60. The number of para-hydroxylation sites is 1. The van der Waals surface area contributed by atoms with E-state index in [9.17, 15) is 4.79 Å². The monoisotopic (exact) mass is 371 g/mol. The maximum absolute atomic E-state index is 12.0. The van der Waals surface area contributed by atoms with Crippen molar-refractivity contribution in [1.29, 1.82) is 0 Å². The van der Waals surface area contributed by atoms with Gasteiger partial charge >= 0.3 is 0 Å². The fourth-order valence-electron chi connectivity index (χ4n) is 2.56. The Labute approximate surface area is 160 Å². The predicted molar refractivity (Wildman–Crippen MR) is 111 cm³/mol. The second-order valence-electron chi connectivity index (χ2n) is 5.78. The molecule has 0 spiro atoms. The molecule has 0 radical (unpaired) electrons. The minimum atomic E-state index is -0.302. The number of hydrogen-bond donors (Lipinski definition) is 2. The normalized spacial score (nSPS) is 10.1. The molecule has 0 unspecified atom stereocenters. The minimum Gasteiger partial charge on any atom is -0.484 e. The zero-order valence-electron chi connectivity index (χ0n) is 15.4. The van der Waals surface area contributed by atoms with Gasteiger partial charge in [-0.2, -0.15) is 0 Å². The molecule has 0 heterocycles. The molecule has 0 fully saturated rings. The van der Waals surface area contributed by atoms with Crippen molar-refractivity contribution in [2.75, 3.05) is 29.9 Å². The summed E-state index contributed by atoms with van der Waals surface area (Å²) >= 11 is 5.22. The number of benzene rings is 2. The van der Waals surface area contributed by atoms with E-state index in [1.54, 1.807) is 12.1 Å². The van der Waals surface area contributed by atoms with Gasteiger partial charge in [-0.15, -0.1) is 0 Å². The molecule has 2 rings (SSSR count). The van der Waals surface area contributed by atoms with Gasteiger partial charge in [-0.05, 0) is 68.9 Å². The van der Waals surface area contributed by atoms with Gasteiger partial charge in [0.15, 0.2) is 11.7 Å². The van der Waals surface area contributed by atoms with Crippen LogP contribution in [0, 0.1) is 6.92 Å². The summed E-state index contributed by atoms with van der Waals surface area (Å²) in [5.41, 5.74) is 3.10. The fourth-order valence-corrected chi connectivity index (χ4v) is 2.78. The SMILES string of the molecule is CCN(CC)c1ccc(NC(=S)NC(=O)COc2ccccc2)c(C)c1. The Morgan fingerprint density at radius 1 is 1.12 bits per heavy atom. The number of nitrogens with one attached hydrogen (secondary N) is 2. The number of carbonyl (C=O) groups excluding carboxylic acids is 1. The zero-order valence-corrected chi connectivity index (χ0v) is 16.2. The van der Waals surface area contributed by atoms with Crippen LogP contribution < -0.4 is 20.3 Å². The summed E-state index contributed by atoms with van der Waals surface area (Å²) in [5, 5.41) is 5.95. The second kappa shape index (κ2) is 9.77. The van der Waals surface area contributed by atoms with Crippen molar-refractivity contribution in [2.45, 2.75) is 20.8 Å². The van der Waals surface area contributed by atoms with Crippen molar-refractivity contribution in [1.82, 2.24) is 5.32 Å². The third-order valence-electron chi connectivity index (χ3n) is 3.95. The fraction of sp³-hybridized carbons (Fsp3) is 0.300. The van der Waals surface area contributed by atoms with Gasteiger partial charge in [0.25, 0.3) is 5.91 Å². The van der Waals surface area contributed by atoms with Crippen molar-refractivity contribution in [3.8, 4) is 5.75 Å². The lowest BCUT2D eigenvalue weighted by Crippen LogP contribution is -2.37. The summed E-state index contributed by atoms with van der Waals surface area (Å²) in [5.74, 6) is 0.341. The first-order valence-corrected chi connectivity index (χ1v) is 9.08. The van der Waals surface area contributed by atoms with Gasteiger partial charge in [-0.1, -0.05) is 18.2 Å². The number of aryl methyl sites for hydroxylation is 1. The summed E-state index contributed by atoms with van der Waals surface area (Å²) < 4.78 is 5.40. The van der Waals surface area contributed by atoms with E-state index < -0.39 is 0 Å². The highest BCUT2D eigenvalue weighted by Crippen LogP contribution is 2.22. The second-order valence-corrected chi connectivity index (χ2v) is 6.18. The highest BCUT2D eigenvalue weighted by molar-refractivity contribution is 7.80. The molecule has 5 nitrogen and oxygen atoms in total. The van der Waals surface area contributed by atoms with Crippen LogP contribution in [0.15, 0.2) is 48.5 Å². The first-order valence-electron chi connectivity index (χ1n) is 8.67. The number of carbonyl (C=O) groups is 1. The highest BCUT2D eigenvalue weighted by Gasteiger charge is 2.09. The van der Waals surface area contributed by atoms with Crippen LogP contribution in [0.25, 0.3) is 0 Å². The van der Waals surface area contributed by atoms with Crippen molar-refractivity contribution < 1.29 is 9.53 Å². The van der Waals surface area contributed by atoms with Gasteiger partial charge in [0.2, 0.25) is 0 Å². The van der Waals surface area contributed by atoms with Crippen LogP contribution in [-0.2, 0) is 4.79 Å². The molecule has 0 atom stereocenters. The first-order chi connectivity index (χ1) is 12.5. The van der Waals surface area contributed by atoms with Gasteiger partial charge < -0.3 is 15.0 Å². The van der Waals surface area contributed by atoms with E-state index in [2.05, 4.69) is 35.4 Å². The number of nitrogens with zero attached hydrogens (tertiary/aromatic N) is 1. The van der Waals surface area contributed by atoms with Crippen LogP contribution in [0.2, 0.25) is 0 Å². The molecule has 0 aromatic heterocycles. The number of anilines is 2. The van der Waals surface area contributed by atoms with Crippen LogP contribution in [0.1, 0.15) is 19.4 Å². The summed E-state index contributed by atoms with van der Waals surface area (Å²) in [4.78, 5) is 14.2. The van der Waals surface area contributed by atoms with E-state index in [1.807, 2.05) is 37.3 Å². The Balaban J connectivity index is 1.88. The molecule has 2 aromatic rings. The maximum atomic E-state index is 12.0. The number of hydrogen-bond acceptors (Lipinski definition) is 4. The Kier molecular flexibility index (Phi) is 7.41. The smallest absolute Gasteiger partial charge is 0.264 e. The van der Waals surface area contributed by atoms with E-state index in [-0.39, 0.29) is 17.6 Å². The molecule has 0 saturated heterocycles. The average Bonchev–Trinajstić information content (AvgIpc) is 2.64. The Bertz CT molecular complexity index is 746. The van der Waals surface area contributed by atoms with E-state index >= 15 is 0 Å². The number of amides is 1. The van der Waals surface area contributed by atoms with E-state index in [4.69, 9.17) is 17.0 Å². The molecule has 26 heavy (non-hydrogen) atoms. The van der Waals surface area contributed by atoms with Crippen LogP contribution in [-0.4, -0.2) is 30.7 Å². The lowest BCUT2D eigenvalue weighted by molar-refractivity contribution is -0.121. The summed E-state index contributed by atoms with van der Waals surface area (Å²) in [6.07, 6.45) is 0. The quantitative estimate of drug-likeness (QED) is 0.727. The van der Waals surface area contributed by atoms with Crippen LogP contribution in [0.4, 0.5) is 11.4 Å². The first kappa shape index (κ1) is 19.7. The molecular formula is C20H25N3O2S. The molecule has 0 aliphatic heterocycles. The molecule has 0 aliphatic rings. The van der Waals surface area contributed by atoms with Gasteiger partial charge in [-0.3, -0.25) is 10.1 Å². The van der Waals surface area contributed by atoms with Gasteiger partial charge in [0, 0.05) is 24.5 Å². The van der Waals surface area contributed by atoms with Crippen molar-refractivity contribution in [2.24, 2.45) is 0 Å². The van der Waals surface area contributed by atoms with E-state index in [1.165, 1.54) is 5.69 Å². The van der Waals surface area contributed by atoms with Crippen molar-refractivity contribution in [3.63, 3.8) is 0 Å². The van der Waals surface area contributed by atoms with Crippen LogP contribution in [0.3, 0.4) is 0 Å². The lowest BCUT2D eigenvalue weighted by Gasteiger charge is -2.22. The molecule has 0 bridgehead atoms. The Morgan fingerprint density at radius 3 is 2.42 bits per heavy atom. The van der Waals surface area contributed by atoms with Gasteiger partial charge in [0.05, 0.1) is 0 Å². The number of ether oxygens (including phenoxy) is 1.